The summed E-state index contributed by atoms with van der Waals surface area (Å²) in [5.74, 6) is 0. The molecule has 0 saturated carbocycles. The Morgan fingerprint density at radius 2 is 2.43 bits per heavy atom. The molecule has 1 atom stereocenters. The Morgan fingerprint density at radius 3 is 3.29 bits per heavy atom. The van der Waals surface area contributed by atoms with Crippen molar-refractivity contribution in [3.05, 3.63) is 34.3 Å². The molecule has 72 valence electrons. The molecule has 0 bridgehead atoms. The highest BCUT2D eigenvalue weighted by molar-refractivity contribution is 7.07. The van der Waals surface area contributed by atoms with Crippen LogP contribution in [0.25, 0.3) is 0 Å². The van der Waals surface area contributed by atoms with E-state index in [2.05, 4.69) is 25.6 Å². The van der Waals surface area contributed by atoms with Crippen LogP contribution in [0.1, 0.15) is 23.1 Å². The van der Waals surface area contributed by atoms with E-state index in [-0.39, 0.29) is 6.04 Å². The second kappa shape index (κ2) is 3.18. The molecule has 0 aromatic carbocycles. The number of H-pyrrole nitrogens is 1. The fraction of sp³-hybridized carbons (Fsp3) is 0.333. The molecule has 0 spiro atoms. The lowest BCUT2D eigenvalue weighted by atomic mass is 10.0. The zero-order valence-electron chi connectivity index (χ0n) is 7.53. The van der Waals surface area contributed by atoms with E-state index in [1.54, 1.807) is 17.7 Å². The highest BCUT2D eigenvalue weighted by atomic mass is 32.1. The fourth-order valence-electron chi connectivity index (χ4n) is 1.83. The summed E-state index contributed by atoms with van der Waals surface area (Å²) < 4.78 is 0. The maximum atomic E-state index is 4.34. The number of thiazole rings is 1. The van der Waals surface area contributed by atoms with Gasteiger partial charge in [0.15, 0.2) is 0 Å². The summed E-state index contributed by atoms with van der Waals surface area (Å²) in [5, 5.41) is 5.50. The maximum Gasteiger partial charge on any atom is 0.0952 e. The molecular formula is C9H10N4S. The molecule has 14 heavy (non-hydrogen) atoms. The van der Waals surface area contributed by atoms with E-state index >= 15 is 0 Å². The first kappa shape index (κ1) is 8.14. The Hall–Kier alpha value is -1.20. The summed E-state index contributed by atoms with van der Waals surface area (Å²) in [6.45, 7) is 0.984. The first-order valence-corrected chi connectivity index (χ1v) is 5.53. The van der Waals surface area contributed by atoms with Gasteiger partial charge >= 0.3 is 0 Å². The van der Waals surface area contributed by atoms with E-state index in [1.807, 2.05) is 5.51 Å². The van der Waals surface area contributed by atoms with Crippen LogP contribution in [0.2, 0.25) is 0 Å². The van der Waals surface area contributed by atoms with Crippen LogP contribution in [0.5, 0.6) is 0 Å². The summed E-state index contributed by atoms with van der Waals surface area (Å²) in [4.78, 5) is 11.8. The molecule has 5 heteroatoms. The molecule has 0 amide bonds. The number of nitrogens with zero attached hydrogens (tertiary/aromatic N) is 2. The third-order valence-electron chi connectivity index (χ3n) is 2.50. The fourth-order valence-corrected chi connectivity index (χ4v) is 2.41. The van der Waals surface area contributed by atoms with Gasteiger partial charge in [0.1, 0.15) is 0 Å². The molecule has 4 nitrogen and oxygen atoms in total. The third-order valence-corrected chi connectivity index (χ3v) is 3.10. The van der Waals surface area contributed by atoms with Crippen LogP contribution in [0, 0.1) is 0 Å². The van der Waals surface area contributed by atoms with E-state index in [0.29, 0.717) is 0 Å². The number of aromatic amines is 1. The number of aromatic nitrogens is 3. The summed E-state index contributed by atoms with van der Waals surface area (Å²) in [6, 6.07) is 0.177. The van der Waals surface area contributed by atoms with E-state index in [0.717, 1.165) is 24.4 Å². The van der Waals surface area contributed by atoms with Gasteiger partial charge in [-0.15, -0.1) is 11.3 Å². The van der Waals surface area contributed by atoms with Crippen molar-refractivity contribution in [3.8, 4) is 0 Å². The molecule has 2 N–H and O–H groups in total. The van der Waals surface area contributed by atoms with Gasteiger partial charge in [0.05, 0.1) is 29.3 Å². The Morgan fingerprint density at radius 1 is 1.43 bits per heavy atom. The second-order valence-electron chi connectivity index (χ2n) is 3.32. The number of fused-ring (bicyclic) bond motifs is 1. The molecule has 3 heterocycles. The van der Waals surface area contributed by atoms with Crippen molar-refractivity contribution in [2.24, 2.45) is 0 Å². The lowest BCUT2D eigenvalue weighted by molar-refractivity contribution is 0.545. The van der Waals surface area contributed by atoms with Crippen LogP contribution < -0.4 is 5.32 Å². The van der Waals surface area contributed by atoms with Crippen molar-refractivity contribution in [1.29, 1.82) is 0 Å². The van der Waals surface area contributed by atoms with Crippen LogP contribution in [0.15, 0.2) is 17.2 Å². The molecule has 2 aromatic rings. The summed E-state index contributed by atoms with van der Waals surface area (Å²) in [7, 11) is 0. The molecule has 0 saturated heterocycles. The standard InChI is InChI=1S/C9H10N4S/c1-2-10-9(7-3-14-5-13-7)8-6(1)11-4-12-8/h3-5,9-10H,1-2H2,(H,11,12). The van der Waals surface area contributed by atoms with Crippen LogP contribution in [-0.2, 0) is 6.42 Å². The predicted molar refractivity (Wildman–Crippen MR) is 54.3 cm³/mol. The molecule has 3 rings (SSSR count). The molecular weight excluding hydrogens is 196 g/mol. The maximum absolute atomic E-state index is 4.34. The van der Waals surface area contributed by atoms with Gasteiger partial charge in [-0.2, -0.15) is 0 Å². The minimum atomic E-state index is 0.177. The smallest absolute Gasteiger partial charge is 0.0952 e. The van der Waals surface area contributed by atoms with E-state index in [4.69, 9.17) is 0 Å². The van der Waals surface area contributed by atoms with Crippen LogP contribution in [-0.4, -0.2) is 21.5 Å². The predicted octanol–water partition coefficient (Wildman–Crippen LogP) is 1.10. The van der Waals surface area contributed by atoms with Crippen molar-refractivity contribution < 1.29 is 0 Å². The van der Waals surface area contributed by atoms with E-state index in [9.17, 15) is 0 Å². The van der Waals surface area contributed by atoms with Crippen molar-refractivity contribution in [2.75, 3.05) is 6.54 Å². The van der Waals surface area contributed by atoms with Crippen molar-refractivity contribution in [2.45, 2.75) is 12.5 Å². The Kier molecular flexibility index (Phi) is 1.85. The average Bonchev–Trinajstić information content (AvgIpc) is 2.88. The summed E-state index contributed by atoms with van der Waals surface area (Å²) >= 11 is 1.62. The zero-order chi connectivity index (χ0) is 9.38. The number of nitrogens with one attached hydrogen (secondary N) is 2. The number of imidazole rings is 1. The second-order valence-corrected chi connectivity index (χ2v) is 4.04. The van der Waals surface area contributed by atoms with Gasteiger partial charge in [0.2, 0.25) is 0 Å². The quantitative estimate of drug-likeness (QED) is 0.734. The van der Waals surface area contributed by atoms with Crippen LogP contribution in [0.4, 0.5) is 0 Å². The van der Waals surface area contributed by atoms with Gasteiger partial charge < -0.3 is 10.3 Å². The topological polar surface area (TPSA) is 53.6 Å². The largest absolute Gasteiger partial charge is 0.348 e. The van der Waals surface area contributed by atoms with Crippen LogP contribution in [0.3, 0.4) is 0 Å². The SMILES string of the molecule is c1nc2c([nH]1)CCNC2c1cscn1. The molecule has 2 aromatic heterocycles. The van der Waals surface area contributed by atoms with Crippen molar-refractivity contribution in [3.63, 3.8) is 0 Å². The van der Waals surface area contributed by atoms with Gasteiger partial charge in [-0.05, 0) is 0 Å². The molecule has 0 aliphatic carbocycles. The minimum Gasteiger partial charge on any atom is -0.348 e. The van der Waals surface area contributed by atoms with Crippen molar-refractivity contribution >= 4 is 11.3 Å². The molecule has 1 unspecified atom stereocenters. The van der Waals surface area contributed by atoms with E-state index < -0.39 is 0 Å². The first-order chi connectivity index (χ1) is 6.95. The molecule has 1 aliphatic rings. The van der Waals surface area contributed by atoms with Crippen molar-refractivity contribution in [1.82, 2.24) is 20.3 Å². The molecule has 1 aliphatic heterocycles. The number of rotatable bonds is 1. The van der Waals surface area contributed by atoms with Gasteiger partial charge in [0.25, 0.3) is 0 Å². The zero-order valence-corrected chi connectivity index (χ0v) is 8.34. The van der Waals surface area contributed by atoms with Gasteiger partial charge in [-0.1, -0.05) is 0 Å². The number of hydrogen-bond acceptors (Lipinski definition) is 4. The lowest BCUT2D eigenvalue weighted by Crippen LogP contribution is -2.30. The molecule has 0 radical (unpaired) electrons. The average molecular weight is 206 g/mol. The number of hydrogen-bond donors (Lipinski definition) is 2. The van der Waals surface area contributed by atoms with Gasteiger partial charge in [0, 0.05) is 24.0 Å². The highest BCUT2D eigenvalue weighted by Gasteiger charge is 2.24. The first-order valence-electron chi connectivity index (χ1n) is 4.59. The Bertz CT molecular complexity index is 420. The third kappa shape index (κ3) is 1.17. The Labute approximate surface area is 85.4 Å². The van der Waals surface area contributed by atoms with Crippen LogP contribution >= 0.6 is 11.3 Å². The highest BCUT2D eigenvalue weighted by Crippen LogP contribution is 2.25. The normalized spacial score (nSPS) is 20.7. The molecule has 0 fully saturated rings. The monoisotopic (exact) mass is 206 g/mol. The van der Waals surface area contributed by atoms with Gasteiger partial charge in [-0.3, -0.25) is 0 Å². The summed E-state index contributed by atoms with van der Waals surface area (Å²) in [6.07, 6.45) is 2.78. The lowest BCUT2D eigenvalue weighted by Gasteiger charge is -2.21. The van der Waals surface area contributed by atoms with Gasteiger partial charge in [-0.25, -0.2) is 9.97 Å². The van der Waals surface area contributed by atoms with E-state index in [1.165, 1.54) is 5.69 Å². The summed E-state index contributed by atoms with van der Waals surface area (Å²) in [5.41, 5.74) is 5.27. The minimum absolute atomic E-state index is 0.177. The Balaban J connectivity index is 2.04.